The zero-order chi connectivity index (χ0) is 15.1. The maximum absolute atomic E-state index is 6.34. The average Bonchev–Trinajstić information content (AvgIpc) is 3.08. The van der Waals surface area contributed by atoms with Crippen molar-refractivity contribution in [1.29, 1.82) is 0 Å². The molecule has 3 aromatic rings. The number of hydrogen-bond donors (Lipinski definition) is 0. The van der Waals surface area contributed by atoms with Gasteiger partial charge in [-0.25, -0.2) is 9.67 Å². The third-order valence-electron chi connectivity index (χ3n) is 3.43. The molecule has 112 valence electrons. The predicted molar refractivity (Wildman–Crippen MR) is 91.3 cm³/mol. The molecular weight excluding hydrogens is 372 g/mol. The van der Waals surface area contributed by atoms with Crippen molar-refractivity contribution in [2.75, 3.05) is 0 Å². The number of rotatable bonds is 4. The summed E-state index contributed by atoms with van der Waals surface area (Å²) in [6, 6.07) is 4.20. The fraction of sp³-hybridized carbons (Fsp3) is 0.429. The Morgan fingerprint density at radius 2 is 2.19 bits per heavy atom. The van der Waals surface area contributed by atoms with Crippen LogP contribution in [0.1, 0.15) is 35.6 Å². The predicted octanol–water partition coefficient (Wildman–Crippen LogP) is 4.73. The molecule has 1 unspecified atom stereocenters. The summed E-state index contributed by atoms with van der Waals surface area (Å²) in [6.07, 6.45) is 0. The maximum atomic E-state index is 6.34. The Kier molecular flexibility index (Phi) is 4.12. The zero-order valence-corrected chi connectivity index (χ0v) is 15.3. The Labute approximate surface area is 140 Å². The topological polar surface area (TPSA) is 35.6 Å². The highest BCUT2D eigenvalue weighted by Gasteiger charge is 2.21. The number of halogens is 2. The van der Waals surface area contributed by atoms with Crippen LogP contribution in [-0.4, -0.2) is 19.3 Å². The highest BCUT2D eigenvalue weighted by atomic mass is 79.9. The van der Waals surface area contributed by atoms with Crippen LogP contribution in [0.25, 0.3) is 11.2 Å². The van der Waals surface area contributed by atoms with Crippen LogP contribution in [0.3, 0.4) is 0 Å². The number of hydrogen-bond acceptors (Lipinski definition) is 3. The van der Waals surface area contributed by atoms with Gasteiger partial charge in [0.1, 0.15) is 11.3 Å². The number of aryl methyl sites for hydroxylation is 2. The van der Waals surface area contributed by atoms with E-state index in [2.05, 4.69) is 44.7 Å². The molecule has 0 saturated carbocycles. The zero-order valence-electron chi connectivity index (χ0n) is 12.1. The molecule has 0 spiro atoms. The molecule has 0 N–H and O–H groups in total. The Morgan fingerprint density at radius 3 is 2.76 bits per heavy atom. The van der Waals surface area contributed by atoms with Crippen LogP contribution in [0.4, 0.5) is 0 Å². The largest absolute Gasteiger partial charge is 0.306 e. The van der Waals surface area contributed by atoms with Gasteiger partial charge in [0.2, 0.25) is 0 Å². The van der Waals surface area contributed by atoms with E-state index in [9.17, 15) is 0 Å². The van der Waals surface area contributed by atoms with Gasteiger partial charge in [-0.05, 0) is 48.8 Å². The normalized spacial score (nSPS) is 13.2. The van der Waals surface area contributed by atoms with Gasteiger partial charge in [-0.2, -0.15) is 5.10 Å². The monoisotopic (exact) mass is 386 g/mol. The molecule has 3 aromatic heterocycles. The molecule has 0 amide bonds. The summed E-state index contributed by atoms with van der Waals surface area (Å²) in [4.78, 5) is 5.99. The van der Waals surface area contributed by atoms with Crippen LogP contribution in [0.2, 0.25) is 0 Å². The summed E-state index contributed by atoms with van der Waals surface area (Å²) >= 11 is 11.6. The van der Waals surface area contributed by atoms with E-state index in [1.807, 2.05) is 18.5 Å². The third-order valence-corrected chi connectivity index (χ3v) is 5.23. The number of aromatic nitrogens is 4. The minimum absolute atomic E-state index is 0.134. The van der Waals surface area contributed by atoms with E-state index >= 15 is 0 Å². The van der Waals surface area contributed by atoms with E-state index in [1.165, 1.54) is 4.88 Å². The number of nitrogens with zero attached hydrogens (tertiary/aromatic N) is 4. The lowest BCUT2D eigenvalue weighted by Crippen LogP contribution is -2.09. The fourth-order valence-corrected chi connectivity index (χ4v) is 4.15. The second-order valence-electron chi connectivity index (χ2n) is 4.95. The third kappa shape index (κ3) is 2.64. The van der Waals surface area contributed by atoms with Gasteiger partial charge in [0, 0.05) is 11.4 Å². The van der Waals surface area contributed by atoms with Crippen molar-refractivity contribution >= 4 is 50.0 Å². The van der Waals surface area contributed by atoms with E-state index in [-0.39, 0.29) is 5.38 Å². The fourth-order valence-electron chi connectivity index (χ4n) is 2.51. The minimum atomic E-state index is -0.134. The van der Waals surface area contributed by atoms with Crippen molar-refractivity contribution in [3.63, 3.8) is 0 Å². The first kappa shape index (κ1) is 15.1. The number of thiophene rings is 1. The van der Waals surface area contributed by atoms with E-state index < -0.39 is 0 Å². The molecule has 0 saturated heterocycles. The van der Waals surface area contributed by atoms with Crippen LogP contribution in [0, 0.1) is 6.92 Å². The molecule has 1 atom stereocenters. The van der Waals surface area contributed by atoms with Crippen molar-refractivity contribution in [1.82, 2.24) is 19.3 Å². The van der Waals surface area contributed by atoms with Gasteiger partial charge in [0.05, 0.1) is 21.4 Å². The van der Waals surface area contributed by atoms with Crippen LogP contribution < -0.4 is 0 Å². The van der Waals surface area contributed by atoms with Gasteiger partial charge in [-0.1, -0.05) is 0 Å². The highest BCUT2D eigenvalue weighted by molar-refractivity contribution is 9.11. The molecule has 21 heavy (non-hydrogen) atoms. The first-order valence-corrected chi connectivity index (χ1v) is 8.87. The van der Waals surface area contributed by atoms with Gasteiger partial charge in [-0.15, -0.1) is 22.9 Å². The minimum Gasteiger partial charge on any atom is -0.306 e. The van der Waals surface area contributed by atoms with Crippen molar-refractivity contribution in [3.05, 3.63) is 32.3 Å². The average molecular weight is 388 g/mol. The molecule has 3 rings (SSSR count). The summed E-state index contributed by atoms with van der Waals surface area (Å²) in [6.45, 7) is 7.64. The summed E-state index contributed by atoms with van der Waals surface area (Å²) in [5.41, 5.74) is 2.97. The second-order valence-corrected chi connectivity index (χ2v) is 8.15. The number of imidazole rings is 1. The molecule has 0 aliphatic rings. The molecule has 4 nitrogen and oxygen atoms in total. The second kappa shape index (κ2) is 5.74. The first-order valence-electron chi connectivity index (χ1n) is 6.83. The summed E-state index contributed by atoms with van der Waals surface area (Å²) in [5.74, 6) is 0.902. The maximum Gasteiger partial charge on any atom is 0.159 e. The van der Waals surface area contributed by atoms with E-state index in [0.29, 0.717) is 0 Å². The Bertz CT molecular complexity index is 786. The van der Waals surface area contributed by atoms with Crippen LogP contribution in [-0.2, 0) is 13.1 Å². The molecule has 3 heterocycles. The van der Waals surface area contributed by atoms with Gasteiger partial charge in [0.15, 0.2) is 5.65 Å². The molecule has 0 radical (unpaired) electrons. The Balaban J connectivity index is 2.19. The lowest BCUT2D eigenvalue weighted by Gasteiger charge is -2.10. The Morgan fingerprint density at radius 1 is 1.43 bits per heavy atom. The van der Waals surface area contributed by atoms with E-state index in [4.69, 9.17) is 16.6 Å². The number of fused-ring (bicyclic) bond motifs is 1. The SMILES string of the molecule is CCn1nc(C)c2nc(C(C)Cl)n(Cc3ccc(Br)s3)c21. The first-order chi connectivity index (χ1) is 10.0. The smallest absolute Gasteiger partial charge is 0.159 e. The lowest BCUT2D eigenvalue weighted by atomic mass is 10.4. The van der Waals surface area contributed by atoms with Crippen LogP contribution >= 0.6 is 38.9 Å². The van der Waals surface area contributed by atoms with E-state index in [1.54, 1.807) is 11.3 Å². The van der Waals surface area contributed by atoms with Gasteiger partial charge in [0.25, 0.3) is 0 Å². The highest BCUT2D eigenvalue weighted by Crippen LogP contribution is 2.29. The van der Waals surface area contributed by atoms with Crippen molar-refractivity contribution < 1.29 is 0 Å². The standard InChI is InChI=1S/C14H16BrClN4S/c1-4-20-14-12(9(3)18-20)17-13(8(2)16)19(14)7-10-5-6-11(15)21-10/h5-6,8H,4,7H2,1-3H3. The van der Waals surface area contributed by atoms with Gasteiger partial charge < -0.3 is 4.57 Å². The molecular formula is C14H16BrClN4S. The summed E-state index contributed by atoms with van der Waals surface area (Å²) < 4.78 is 5.33. The van der Waals surface area contributed by atoms with Gasteiger partial charge >= 0.3 is 0 Å². The Hall–Kier alpha value is -0.850. The molecule has 7 heteroatoms. The quantitative estimate of drug-likeness (QED) is 0.606. The lowest BCUT2D eigenvalue weighted by molar-refractivity contribution is 0.635. The summed E-state index contributed by atoms with van der Waals surface area (Å²) in [7, 11) is 0. The molecule has 0 fully saturated rings. The van der Waals surface area contributed by atoms with Crippen LogP contribution in [0.5, 0.6) is 0 Å². The van der Waals surface area contributed by atoms with Crippen molar-refractivity contribution in [3.8, 4) is 0 Å². The number of alkyl halides is 1. The molecule has 0 bridgehead atoms. The molecule has 0 aliphatic carbocycles. The van der Waals surface area contributed by atoms with E-state index in [0.717, 1.165) is 39.6 Å². The summed E-state index contributed by atoms with van der Waals surface area (Å²) in [5, 5.41) is 4.43. The molecule has 0 aliphatic heterocycles. The molecule has 0 aromatic carbocycles. The van der Waals surface area contributed by atoms with Crippen molar-refractivity contribution in [2.24, 2.45) is 0 Å². The van der Waals surface area contributed by atoms with Crippen LogP contribution in [0.15, 0.2) is 15.9 Å². The van der Waals surface area contributed by atoms with Crippen molar-refractivity contribution in [2.45, 2.75) is 39.2 Å². The van der Waals surface area contributed by atoms with Gasteiger partial charge in [-0.3, -0.25) is 0 Å².